The number of para-hydroxylation sites is 1. The van der Waals surface area contributed by atoms with Crippen LogP contribution in [0.1, 0.15) is 6.42 Å². The highest BCUT2D eigenvalue weighted by atomic mass is 19.1. The smallest absolute Gasteiger partial charge is 0.140 e. The van der Waals surface area contributed by atoms with Gasteiger partial charge in [-0.05, 0) is 24.6 Å². The third-order valence-electron chi connectivity index (χ3n) is 5.74. The summed E-state index contributed by atoms with van der Waals surface area (Å²) in [5, 5.41) is 9.94. The average Bonchev–Trinajstić information content (AvgIpc) is 3.22. The lowest BCUT2D eigenvalue weighted by Crippen LogP contribution is -2.48. The Bertz CT molecular complexity index is 1230. The number of fused-ring (bicyclic) bond motifs is 2. The highest BCUT2D eigenvalue weighted by Gasteiger charge is 2.27. The molecular weight excluding hydrogens is 397 g/mol. The van der Waals surface area contributed by atoms with Gasteiger partial charge in [-0.1, -0.05) is 18.2 Å². The number of aliphatic hydroxyl groups excluding tert-OH is 1. The highest BCUT2D eigenvalue weighted by Crippen LogP contribution is 2.31. The summed E-state index contributed by atoms with van der Waals surface area (Å²) < 4.78 is 21.7. The predicted molar refractivity (Wildman–Crippen MR) is 118 cm³/mol. The largest absolute Gasteiger partial charge is 0.491 e. The van der Waals surface area contributed by atoms with Gasteiger partial charge in [0.05, 0.1) is 41.9 Å². The molecule has 31 heavy (non-hydrogen) atoms. The van der Waals surface area contributed by atoms with Crippen molar-refractivity contribution in [2.75, 3.05) is 31.2 Å². The SMILES string of the molecule is NC1CCN(c2cccc3ccc(-c4cnc5cc(OCCO)ccn45)nc23)CC1F. The maximum atomic E-state index is 14.3. The van der Waals surface area contributed by atoms with Crippen molar-refractivity contribution in [2.45, 2.75) is 18.6 Å². The minimum Gasteiger partial charge on any atom is -0.491 e. The van der Waals surface area contributed by atoms with Crippen LogP contribution in [0.3, 0.4) is 0 Å². The maximum Gasteiger partial charge on any atom is 0.140 e. The second-order valence-electron chi connectivity index (χ2n) is 7.77. The second kappa shape index (κ2) is 8.13. The number of benzene rings is 1. The summed E-state index contributed by atoms with van der Waals surface area (Å²) >= 11 is 0. The summed E-state index contributed by atoms with van der Waals surface area (Å²) in [5.74, 6) is 0.650. The van der Waals surface area contributed by atoms with Crippen LogP contribution in [0.2, 0.25) is 0 Å². The molecule has 1 saturated heterocycles. The number of aromatic nitrogens is 3. The van der Waals surface area contributed by atoms with Gasteiger partial charge in [-0.3, -0.25) is 4.40 Å². The quantitative estimate of drug-likeness (QED) is 0.515. The number of hydrogen-bond acceptors (Lipinski definition) is 6. The fraction of sp³-hybridized carbons (Fsp3) is 0.304. The van der Waals surface area contributed by atoms with E-state index in [-0.39, 0.29) is 19.8 Å². The van der Waals surface area contributed by atoms with Gasteiger partial charge in [-0.15, -0.1) is 0 Å². The monoisotopic (exact) mass is 421 g/mol. The van der Waals surface area contributed by atoms with Crippen LogP contribution in [0, 0.1) is 0 Å². The summed E-state index contributed by atoms with van der Waals surface area (Å²) in [4.78, 5) is 11.5. The molecule has 0 bridgehead atoms. The van der Waals surface area contributed by atoms with Gasteiger partial charge in [0.2, 0.25) is 0 Å². The molecule has 2 unspecified atom stereocenters. The zero-order valence-electron chi connectivity index (χ0n) is 17.0. The van der Waals surface area contributed by atoms with Crippen LogP contribution >= 0.6 is 0 Å². The van der Waals surface area contributed by atoms with Crippen LogP contribution in [-0.2, 0) is 0 Å². The van der Waals surface area contributed by atoms with E-state index >= 15 is 0 Å². The Balaban J connectivity index is 1.54. The van der Waals surface area contributed by atoms with E-state index in [1.54, 1.807) is 6.20 Å². The Labute approximate surface area is 178 Å². The molecular formula is C23H24FN5O2. The number of hydrogen-bond donors (Lipinski definition) is 2. The Hall–Kier alpha value is -3.23. The second-order valence-corrected chi connectivity index (χ2v) is 7.77. The molecule has 0 spiro atoms. The van der Waals surface area contributed by atoms with Gasteiger partial charge in [-0.25, -0.2) is 14.4 Å². The molecule has 2 atom stereocenters. The first-order valence-electron chi connectivity index (χ1n) is 10.4. The molecule has 1 fully saturated rings. The van der Waals surface area contributed by atoms with Gasteiger partial charge in [-0.2, -0.15) is 0 Å². The number of imidazole rings is 1. The zero-order chi connectivity index (χ0) is 21.4. The lowest BCUT2D eigenvalue weighted by Gasteiger charge is -2.34. The van der Waals surface area contributed by atoms with Crippen molar-refractivity contribution in [1.82, 2.24) is 14.4 Å². The van der Waals surface area contributed by atoms with E-state index in [9.17, 15) is 4.39 Å². The first-order chi connectivity index (χ1) is 15.1. The number of anilines is 1. The zero-order valence-corrected chi connectivity index (χ0v) is 17.0. The molecule has 4 aromatic rings. The van der Waals surface area contributed by atoms with Crippen LogP contribution in [-0.4, -0.2) is 58.0 Å². The van der Waals surface area contributed by atoms with Gasteiger partial charge >= 0.3 is 0 Å². The number of rotatable bonds is 5. The molecule has 1 aliphatic rings. The van der Waals surface area contributed by atoms with Crippen molar-refractivity contribution in [3.8, 4) is 17.1 Å². The summed E-state index contributed by atoms with van der Waals surface area (Å²) in [5.41, 5.74) is 9.97. The predicted octanol–water partition coefficient (Wildman–Crippen LogP) is 2.80. The highest BCUT2D eigenvalue weighted by molar-refractivity contribution is 5.92. The van der Waals surface area contributed by atoms with E-state index in [1.165, 1.54) is 0 Å². The molecule has 160 valence electrons. The normalized spacial score (nSPS) is 19.3. The maximum absolute atomic E-state index is 14.3. The van der Waals surface area contributed by atoms with E-state index in [0.717, 1.165) is 33.6 Å². The molecule has 7 nitrogen and oxygen atoms in total. The van der Waals surface area contributed by atoms with E-state index < -0.39 is 12.2 Å². The number of nitrogens with zero attached hydrogens (tertiary/aromatic N) is 4. The average molecular weight is 421 g/mol. The number of nitrogens with two attached hydrogens (primary N) is 1. The summed E-state index contributed by atoms with van der Waals surface area (Å²) in [6.07, 6.45) is 3.22. The van der Waals surface area contributed by atoms with Crippen molar-refractivity contribution in [1.29, 1.82) is 0 Å². The first kappa shape index (κ1) is 19.7. The molecule has 0 radical (unpaired) electrons. The van der Waals surface area contributed by atoms with Crippen molar-refractivity contribution in [2.24, 2.45) is 5.73 Å². The van der Waals surface area contributed by atoms with Crippen molar-refractivity contribution < 1.29 is 14.2 Å². The Morgan fingerprint density at radius 1 is 1.23 bits per heavy atom. The summed E-state index contributed by atoms with van der Waals surface area (Å²) in [6.45, 7) is 1.18. The number of aliphatic hydroxyl groups is 1. The van der Waals surface area contributed by atoms with Gasteiger partial charge in [0.25, 0.3) is 0 Å². The molecule has 3 aromatic heterocycles. The number of ether oxygens (including phenoxy) is 1. The Kier molecular flexibility index (Phi) is 5.17. The van der Waals surface area contributed by atoms with Gasteiger partial charge in [0, 0.05) is 30.2 Å². The van der Waals surface area contributed by atoms with Crippen LogP contribution in [0.5, 0.6) is 5.75 Å². The molecule has 4 heterocycles. The summed E-state index contributed by atoms with van der Waals surface area (Å²) in [6, 6.07) is 13.2. The molecule has 5 rings (SSSR count). The third kappa shape index (κ3) is 3.68. The topological polar surface area (TPSA) is 88.9 Å². The van der Waals surface area contributed by atoms with E-state index in [2.05, 4.69) is 4.98 Å². The van der Waals surface area contributed by atoms with Crippen molar-refractivity contribution in [3.63, 3.8) is 0 Å². The molecule has 0 saturated carbocycles. The fourth-order valence-electron chi connectivity index (χ4n) is 4.08. The minimum absolute atomic E-state index is 0.0413. The fourth-order valence-corrected chi connectivity index (χ4v) is 4.08. The number of pyridine rings is 2. The van der Waals surface area contributed by atoms with Crippen LogP contribution in [0.15, 0.2) is 54.9 Å². The standard InChI is InChI=1S/C23H24FN5O2/c24-17-14-28(8-7-18(17)25)20-3-1-2-15-4-5-19(27-23(15)20)21-13-26-22-12-16(31-11-10-30)6-9-29(21)22/h1-6,9,12-13,17-18,30H,7-8,10-11,14,25H2. The van der Waals surface area contributed by atoms with Gasteiger partial charge in [0.15, 0.2) is 0 Å². The minimum atomic E-state index is -1.05. The van der Waals surface area contributed by atoms with Gasteiger partial charge < -0.3 is 20.5 Å². The molecule has 0 aliphatic carbocycles. The molecule has 0 amide bonds. The lowest BCUT2D eigenvalue weighted by molar-refractivity contribution is 0.201. The third-order valence-corrected chi connectivity index (χ3v) is 5.74. The summed E-state index contributed by atoms with van der Waals surface area (Å²) in [7, 11) is 0. The number of alkyl halides is 1. The van der Waals surface area contributed by atoms with E-state index in [4.69, 9.17) is 20.6 Å². The molecule has 3 N–H and O–H groups in total. The molecule has 1 aliphatic heterocycles. The number of piperidine rings is 1. The van der Waals surface area contributed by atoms with E-state index in [0.29, 0.717) is 18.7 Å². The van der Waals surface area contributed by atoms with Crippen molar-refractivity contribution >= 4 is 22.2 Å². The Morgan fingerprint density at radius 3 is 2.97 bits per heavy atom. The first-order valence-corrected chi connectivity index (χ1v) is 10.4. The lowest BCUT2D eigenvalue weighted by atomic mass is 10.0. The van der Waals surface area contributed by atoms with E-state index in [1.807, 2.05) is 58.0 Å². The molecule has 8 heteroatoms. The van der Waals surface area contributed by atoms with Crippen LogP contribution in [0.4, 0.5) is 10.1 Å². The van der Waals surface area contributed by atoms with Crippen LogP contribution in [0.25, 0.3) is 27.9 Å². The van der Waals surface area contributed by atoms with Crippen molar-refractivity contribution in [3.05, 3.63) is 54.9 Å². The Morgan fingerprint density at radius 2 is 2.13 bits per heavy atom. The van der Waals surface area contributed by atoms with Crippen LogP contribution < -0.4 is 15.4 Å². The van der Waals surface area contributed by atoms with Gasteiger partial charge in [0.1, 0.15) is 24.2 Å². The number of halogens is 1. The molecule has 1 aromatic carbocycles.